The number of aromatic nitrogens is 1. The van der Waals surface area contributed by atoms with Crippen molar-refractivity contribution in [2.45, 2.75) is 4.90 Å². The highest BCUT2D eigenvalue weighted by Crippen LogP contribution is 2.27. The van der Waals surface area contributed by atoms with Crippen molar-refractivity contribution in [3.8, 4) is 5.75 Å². The molecule has 1 N–H and O–H groups in total. The van der Waals surface area contributed by atoms with Gasteiger partial charge in [-0.3, -0.25) is 0 Å². The van der Waals surface area contributed by atoms with Crippen molar-refractivity contribution in [2.75, 3.05) is 0 Å². The molecule has 3 aromatic rings. The molecule has 0 atom stereocenters. The minimum atomic E-state index is -3.79. The number of rotatable bonds is 2. The largest absolute Gasteiger partial charge is 0.507 e. The Hall–Kier alpha value is -2.27. The van der Waals surface area contributed by atoms with Gasteiger partial charge in [0.2, 0.25) is 0 Å². The molecule has 0 unspecified atom stereocenters. The second-order valence-corrected chi connectivity index (χ2v) is 5.93. The monoisotopic (exact) mass is 273 g/mol. The molecular formula is C14H11NO3S. The first kappa shape index (κ1) is 11.8. The second kappa shape index (κ2) is 4.13. The summed E-state index contributed by atoms with van der Waals surface area (Å²) in [6, 6.07) is 14.8. The summed E-state index contributed by atoms with van der Waals surface area (Å²) in [4.78, 5) is -0.101. The highest BCUT2D eigenvalue weighted by Gasteiger charge is 2.21. The van der Waals surface area contributed by atoms with E-state index in [0.29, 0.717) is 5.52 Å². The summed E-state index contributed by atoms with van der Waals surface area (Å²) in [6.45, 7) is 0. The van der Waals surface area contributed by atoms with E-state index < -0.39 is 10.0 Å². The number of para-hydroxylation sites is 2. The number of phenolic OH excluding ortho intramolecular Hbond substituents is 1. The zero-order chi connectivity index (χ0) is 13.5. The van der Waals surface area contributed by atoms with E-state index in [1.54, 1.807) is 30.3 Å². The Kier molecular flexibility index (Phi) is 2.57. The predicted molar refractivity (Wildman–Crippen MR) is 72.6 cm³/mol. The molecule has 0 fully saturated rings. The maximum Gasteiger partial charge on any atom is 0.271 e. The number of nitrogens with zero attached hydrogens (tertiary/aromatic N) is 1. The zero-order valence-electron chi connectivity index (χ0n) is 9.89. The zero-order valence-corrected chi connectivity index (χ0v) is 10.7. The maximum absolute atomic E-state index is 12.5. The third-order valence-electron chi connectivity index (χ3n) is 2.97. The van der Waals surface area contributed by atoms with Gasteiger partial charge in [0.15, 0.2) is 0 Å². The van der Waals surface area contributed by atoms with Crippen LogP contribution in [0.2, 0.25) is 0 Å². The van der Waals surface area contributed by atoms with Gasteiger partial charge in [0, 0.05) is 11.6 Å². The quantitative estimate of drug-likeness (QED) is 0.780. The average molecular weight is 273 g/mol. The highest BCUT2D eigenvalue weighted by molar-refractivity contribution is 7.90. The molecule has 0 saturated carbocycles. The molecule has 0 aliphatic carbocycles. The smallest absolute Gasteiger partial charge is 0.271 e. The van der Waals surface area contributed by atoms with Crippen LogP contribution in [0.3, 0.4) is 0 Å². The van der Waals surface area contributed by atoms with Crippen LogP contribution in [-0.2, 0) is 10.0 Å². The third-order valence-corrected chi connectivity index (χ3v) is 4.70. The summed E-state index contributed by atoms with van der Waals surface area (Å²) in [5, 5.41) is 10.6. The van der Waals surface area contributed by atoms with Gasteiger partial charge < -0.3 is 5.11 Å². The van der Waals surface area contributed by atoms with E-state index in [0.717, 1.165) is 5.39 Å². The van der Waals surface area contributed by atoms with Gasteiger partial charge in [0.1, 0.15) is 10.6 Å². The maximum atomic E-state index is 12.5. The van der Waals surface area contributed by atoms with E-state index in [2.05, 4.69) is 0 Å². The van der Waals surface area contributed by atoms with Crippen LogP contribution >= 0.6 is 0 Å². The van der Waals surface area contributed by atoms with Crippen molar-refractivity contribution in [2.24, 2.45) is 0 Å². The lowest BCUT2D eigenvalue weighted by Crippen LogP contribution is -2.11. The Bertz CT molecular complexity index is 850. The Morgan fingerprint density at radius 1 is 0.895 bits per heavy atom. The Morgan fingerprint density at radius 3 is 2.37 bits per heavy atom. The van der Waals surface area contributed by atoms with Gasteiger partial charge in [-0.05, 0) is 24.3 Å². The van der Waals surface area contributed by atoms with Crippen molar-refractivity contribution in [1.29, 1.82) is 0 Å². The second-order valence-electron chi connectivity index (χ2n) is 4.14. The fourth-order valence-electron chi connectivity index (χ4n) is 2.05. The molecule has 0 saturated heterocycles. The van der Waals surface area contributed by atoms with E-state index in [1.165, 1.54) is 22.3 Å². The lowest BCUT2D eigenvalue weighted by atomic mass is 10.3. The summed E-state index contributed by atoms with van der Waals surface area (Å²) in [5.74, 6) is -0.250. The molecule has 0 aliphatic heterocycles. The van der Waals surface area contributed by atoms with Gasteiger partial charge in [-0.1, -0.05) is 30.3 Å². The van der Waals surface area contributed by atoms with Gasteiger partial charge in [-0.15, -0.1) is 0 Å². The molecule has 0 bridgehead atoms. The number of phenols is 1. The molecule has 1 heterocycles. The Labute approximate surface area is 110 Å². The van der Waals surface area contributed by atoms with Crippen LogP contribution in [0.4, 0.5) is 0 Å². The van der Waals surface area contributed by atoms with Crippen molar-refractivity contribution in [3.63, 3.8) is 0 Å². The average Bonchev–Trinajstić information content (AvgIpc) is 2.83. The fourth-order valence-corrected chi connectivity index (χ4v) is 3.49. The molecule has 0 spiro atoms. The van der Waals surface area contributed by atoms with Crippen LogP contribution < -0.4 is 0 Å². The minimum absolute atomic E-state index is 0.101. The lowest BCUT2D eigenvalue weighted by Gasteiger charge is -2.08. The van der Waals surface area contributed by atoms with Crippen LogP contribution in [0.1, 0.15) is 0 Å². The number of benzene rings is 2. The molecule has 5 heteroatoms. The van der Waals surface area contributed by atoms with E-state index in [-0.39, 0.29) is 10.6 Å². The van der Waals surface area contributed by atoms with E-state index in [1.807, 2.05) is 12.1 Å². The molecule has 2 aromatic carbocycles. The summed E-state index contributed by atoms with van der Waals surface area (Å²) in [6.07, 6.45) is 1.49. The van der Waals surface area contributed by atoms with Crippen LogP contribution in [0.5, 0.6) is 5.75 Å². The van der Waals surface area contributed by atoms with Crippen molar-refractivity contribution >= 4 is 20.9 Å². The summed E-state index contributed by atoms with van der Waals surface area (Å²) in [5.41, 5.74) is 0.589. The van der Waals surface area contributed by atoms with Gasteiger partial charge in [-0.2, -0.15) is 0 Å². The standard InChI is InChI=1S/C14H11NO3S/c16-13-7-3-4-8-14(13)19(17,18)15-10-9-11-5-1-2-6-12(11)15/h1-10,16H. The van der Waals surface area contributed by atoms with Crippen LogP contribution in [0.25, 0.3) is 10.9 Å². The van der Waals surface area contributed by atoms with Crippen molar-refractivity contribution in [1.82, 2.24) is 3.97 Å². The molecule has 0 aliphatic rings. The molecule has 19 heavy (non-hydrogen) atoms. The fraction of sp³-hybridized carbons (Fsp3) is 0. The molecule has 0 amide bonds. The van der Waals surface area contributed by atoms with Gasteiger partial charge in [0.05, 0.1) is 5.52 Å². The summed E-state index contributed by atoms with van der Waals surface area (Å²) >= 11 is 0. The Balaban J connectivity index is 2.29. The first-order valence-electron chi connectivity index (χ1n) is 5.70. The van der Waals surface area contributed by atoms with Gasteiger partial charge in [-0.25, -0.2) is 12.4 Å². The minimum Gasteiger partial charge on any atom is -0.507 e. The summed E-state index contributed by atoms with van der Waals surface area (Å²) < 4.78 is 26.2. The van der Waals surface area contributed by atoms with Crippen LogP contribution in [0.15, 0.2) is 65.7 Å². The topological polar surface area (TPSA) is 59.3 Å². The van der Waals surface area contributed by atoms with Crippen molar-refractivity contribution < 1.29 is 13.5 Å². The van der Waals surface area contributed by atoms with E-state index in [9.17, 15) is 13.5 Å². The van der Waals surface area contributed by atoms with Crippen LogP contribution in [-0.4, -0.2) is 17.5 Å². The normalized spacial score (nSPS) is 11.8. The molecule has 96 valence electrons. The summed E-state index contributed by atoms with van der Waals surface area (Å²) in [7, 11) is -3.79. The predicted octanol–water partition coefficient (Wildman–Crippen LogP) is 2.58. The van der Waals surface area contributed by atoms with E-state index in [4.69, 9.17) is 0 Å². The third kappa shape index (κ3) is 1.79. The lowest BCUT2D eigenvalue weighted by molar-refractivity contribution is 0.458. The number of hydrogen-bond donors (Lipinski definition) is 1. The molecular weight excluding hydrogens is 262 g/mol. The number of fused-ring (bicyclic) bond motifs is 1. The van der Waals surface area contributed by atoms with Crippen molar-refractivity contribution in [3.05, 3.63) is 60.8 Å². The first-order valence-corrected chi connectivity index (χ1v) is 7.14. The van der Waals surface area contributed by atoms with E-state index >= 15 is 0 Å². The Morgan fingerprint density at radius 2 is 1.58 bits per heavy atom. The van der Waals surface area contributed by atoms with Gasteiger partial charge >= 0.3 is 0 Å². The SMILES string of the molecule is O=S(=O)(c1ccccc1O)n1ccc2ccccc21. The molecule has 0 radical (unpaired) electrons. The van der Waals surface area contributed by atoms with Crippen LogP contribution in [0, 0.1) is 0 Å². The molecule has 1 aromatic heterocycles. The molecule has 3 rings (SSSR count). The molecule has 4 nitrogen and oxygen atoms in total. The number of aromatic hydroxyl groups is 1. The highest BCUT2D eigenvalue weighted by atomic mass is 32.2. The first-order chi connectivity index (χ1) is 9.10. The number of hydrogen-bond acceptors (Lipinski definition) is 3. The van der Waals surface area contributed by atoms with Gasteiger partial charge in [0.25, 0.3) is 10.0 Å².